The molecule has 0 aliphatic carbocycles. The molecular weight excluding hydrogens is 226 g/mol. The van der Waals surface area contributed by atoms with Gasteiger partial charge in [0.15, 0.2) is 0 Å². The lowest BCUT2D eigenvalue weighted by atomic mass is 10.0. The molecule has 3 nitrogen and oxygen atoms in total. The smallest absolute Gasteiger partial charge is 0.225 e. The van der Waals surface area contributed by atoms with E-state index in [0.29, 0.717) is 19.0 Å². The summed E-state index contributed by atoms with van der Waals surface area (Å²) >= 11 is 5.79. The molecule has 0 aromatic heterocycles. The summed E-state index contributed by atoms with van der Waals surface area (Å²) in [6, 6.07) is 0. The van der Waals surface area contributed by atoms with Crippen LogP contribution in [-0.2, 0) is 9.53 Å². The summed E-state index contributed by atoms with van der Waals surface area (Å²) in [6.45, 7) is 7.43. The van der Waals surface area contributed by atoms with Crippen molar-refractivity contribution in [1.82, 2.24) is 4.90 Å². The van der Waals surface area contributed by atoms with Crippen molar-refractivity contribution in [3.63, 3.8) is 0 Å². The Labute approximate surface area is 103 Å². The van der Waals surface area contributed by atoms with Gasteiger partial charge < -0.3 is 9.64 Å². The fourth-order valence-corrected chi connectivity index (χ4v) is 2.35. The van der Waals surface area contributed by atoms with Crippen molar-refractivity contribution < 1.29 is 9.53 Å². The van der Waals surface area contributed by atoms with E-state index in [0.717, 1.165) is 12.8 Å². The Morgan fingerprint density at radius 1 is 1.56 bits per heavy atom. The van der Waals surface area contributed by atoms with Crippen LogP contribution < -0.4 is 0 Å². The monoisotopic (exact) mass is 247 g/mol. The first kappa shape index (κ1) is 13.8. The maximum atomic E-state index is 12.1. The zero-order chi connectivity index (χ0) is 12.1. The van der Waals surface area contributed by atoms with Gasteiger partial charge in [-0.05, 0) is 13.3 Å². The number of hydrogen-bond donors (Lipinski definition) is 0. The predicted molar refractivity (Wildman–Crippen MR) is 65.7 cm³/mol. The van der Waals surface area contributed by atoms with Gasteiger partial charge in [0.2, 0.25) is 5.91 Å². The Hall–Kier alpha value is -0.280. The average Bonchev–Trinajstić information content (AvgIpc) is 2.27. The number of ether oxygens (including phenoxy) is 1. The highest BCUT2D eigenvalue weighted by Gasteiger charge is 2.29. The van der Waals surface area contributed by atoms with Crippen molar-refractivity contribution in [2.75, 3.05) is 19.0 Å². The number of hydrogen-bond acceptors (Lipinski definition) is 2. The first-order chi connectivity index (χ1) is 7.58. The number of halogens is 1. The molecule has 1 saturated heterocycles. The van der Waals surface area contributed by atoms with Crippen LogP contribution in [0.3, 0.4) is 0 Å². The van der Waals surface area contributed by atoms with Gasteiger partial charge in [0.1, 0.15) is 0 Å². The largest absolute Gasteiger partial charge is 0.370 e. The molecule has 1 aliphatic heterocycles. The zero-order valence-electron chi connectivity index (χ0n) is 10.4. The molecule has 0 bridgehead atoms. The molecule has 0 aromatic carbocycles. The molecule has 0 aromatic rings. The number of rotatable bonds is 4. The molecule has 4 heteroatoms. The second-order valence-electron chi connectivity index (χ2n) is 4.66. The summed E-state index contributed by atoms with van der Waals surface area (Å²) in [7, 11) is 0. The summed E-state index contributed by atoms with van der Waals surface area (Å²) in [5.74, 6) is 0.814. The predicted octanol–water partition coefficient (Wildman–Crippen LogP) is 2.28. The van der Waals surface area contributed by atoms with E-state index in [1.54, 1.807) is 0 Å². The Balaban J connectivity index is 2.54. The second-order valence-corrected chi connectivity index (χ2v) is 4.96. The molecule has 0 saturated carbocycles. The Kier molecular flexibility index (Phi) is 5.56. The molecule has 3 unspecified atom stereocenters. The van der Waals surface area contributed by atoms with Crippen LogP contribution in [0.2, 0.25) is 0 Å². The van der Waals surface area contributed by atoms with Crippen molar-refractivity contribution in [3.8, 4) is 0 Å². The van der Waals surface area contributed by atoms with E-state index in [1.165, 1.54) is 0 Å². The van der Waals surface area contributed by atoms with Crippen LogP contribution in [0.25, 0.3) is 0 Å². The van der Waals surface area contributed by atoms with Crippen molar-refractivity contribution in [2.45, 2.75) is 45.8 Å². The van der Waals surface area contributed by atoms with Gasteiger partial charge in [-0.25, -0.2) is 0 Å². The summed E-state index contributed by atoms with van der Waals surface area (Å²) in [4.78, 5) is 14.0. The Morgan fingerprint density at radius 2 is 2.25 bits per heavy atom. The van der Waals surface area contributed by atoms with E-state index < -0.39 is 0 Å². The van der Waals surface area contributed by atoms with Crippen LogP contribution in [-0.4, -0.2) is 42.0 Å². The van der Waals surface area contributed by atoms with Gasteiger partial charge in [0.25, 0.3) is 0 Å². The van der Waals surface area contributed by atoms with Gasteiger partial charge in [-0.1, -0.05) is 20.3 Å². The third-order valence-corrected chi connectivity index (χ3v) is 3.30. The summed E-state index contributed by atoms with van der Waals surface area (Å²) in [5.41, 5.74) is 0. The number of carbonyl (C=O) groups excluding carboxylic acids is 1. The highest BCUT2D eigenvalue weighted by molar-refractivity contribution is 6.18. The summed E-state index contributed by atoms with van der Waals surface area (Å²) < 4.78 is 5.63. The van der Waals surface area contributed by atoms with E-state index in [2.05, 4.69) is 6.92 Å². The van der Waals surface area contributed by atoms with Crippen LogP contribution in [0.4, 0.5) is 0 Å². The molecule has 0 radical (unpaired) electrons. The molecule has 1 aliphatic rings. The van der Waals surface area contributed by atoms with Crippen molar-refractivity contribution >= 4 is 17.5 Å². The van der Waals surface area contributed by atoms with Gasteiger partial charge in [-0.3, -0.25) is 4.79 Å². The van der Waals surface area contributed by atoms with Crippen molar-refractivity contribution in [3.05, 3.63) is 0 Å². The maximum absolute atomic E-state index is 12.1. The highest BCUT2D eigenvalue weighted by atomic mass is 35.5. The first-order valence-corrected chi connectivity index (χ1v) is 6.62. The van der Waals surface area contributed by atoms with Gasteiger partial charge in [-0.2, -0.15) is 0 Å². The molecule has 3 atom stereocenters. The number of nitrogens with zero attached hydrogens (tertiary/aromatic N) is 1. The third kappa shape index (κ3) is 3.63. The minimum Gasteiger partial charge on any atom is -0.370 e. The van der Waals surface area contributed by atoms with Crippen LogP contribution in [0.15, 0.2) is 0 Å². The highest BCUT2D eigenvalue weighted by Crippen LogP contribution is 2.17. The van der Waals surface area contributed by atoms with Gasteiger partial charge in [0.05, 0.1) is 18.1 Å². The lowest BCUT2D eigenvalue weighted by Gasteiger charge is -2.37. The standard InChI is InChI=1S/C12H22ClNO2/c1-4-5-9(2)12(15)14-7-10(3)16-11(6-13)8-14/h9-11H,4-8H2,1-3H3. The normalized spacial score (nSPS) is 27.9. The minimum absolute atomic E-state index is 0.0109. The van der Waals surface area contributed by atoms with E-state index in [1.807, 2.05) is 18.7 Å². The molecule has 1 rings (SSSR count). The molecule has 94 valence electrons. The molecule has 0 N–H and O–H groups in total. The Morgan fingerprint density at radius 3 is 2.81 bits per heavy atom. The molecule has 0 spiro atoms. The maximum Gasteiger partial charge on any atom is 0.225 e. The second kappa shape index (κ2) is 6.45. The van der Waals surface area contributed by atoms with Gasteiger partial charge >= 0.3 is 0 Å². The van der Waals surface area contributed by atoms with E-state index in [-0.39, 0.29) is 24.0 Å². The van der Waals surface area contributed by atoms with Crippen molar-refractivity contribution in [1.29, 1.82) is 0 Å². The number of alkyl halides is 1. The lowest BCUT2D eigenvalue weighted by molar-refractivity contribution is -0.146. The summed E-state index contributed by atoms with van der Waals surface area (Å²) in [5, 5.41) is 0. The average molecular weight is 248 g/mol. The molecule has 1 fully saturated rings. The molecule has 1 amide bonds. The number of carbonyl (C=O) groups is 1. The Bertz CT molecular complexity index is 235. The van der Waals surface area contributed by atoms with E-state index in [9.17, 15) is 4.79 Å². The number of morpholine rings is 1. The minimum atomic E-state index is -0.0109. The van der Waals surface area contributed by atoms with Gasteiger partial charge in [-0.15, -0.1) is 11.6 Å². The third-order valence-electron chi connectivity index (χ3n) is 2.95. The molecular formula is C12H22ClNO2. The molecule has 16 heavy (non-hydrogen) atoms. The molecule has 1 heterocycles. The van der Waals surface area contributed by atoms with Crippen LogP contribution in [0, 0.1) is 5.92 Å². The number of amides is 1. The lowest BCUT2D eigenvalue weighted by Crippen LogP contribution is -2.51. The van der Waals surface area contributed by atoms with Crippen molar-refractivity contribution in [2.24, 2.45) is 5.92 Å². The summed E-state index contributed by atoms with van der Waals surface area (Å²) in [6.07, 6.45) is 2.08. The quantitative estimate of drug-likeness (QED) is 0.714. The van der Waals surface area contributed by atoms with Crippen LogP contribution in [0.1, 0.15) is 33.6 Å². The van der Waals surface area contributed by atoms with E-state index >= 15 is 0 Å². The fourth-order valence-electron chi connectivity index (χ4n) is 2.18. The first-order valence-electron chi connectivity index (χ1n) is 6.08. The van der Waals surface area contributed by atoms with Crippen LogP contribution >= 0.6 is 11.6 Å². The zero-order valence-corrected chi connectivity index (χ0v) is 11.2. The SMILES string of the molecule is CCCC(C)C(=O)N1CC(C)OC(CCl)C1. The van der Waals surface area contributed by atoms with Gasteiger partial charge in [0, 0.05) is 19.0 Å². The fraction of sp³-hybridized carbons (Fsp3) is 0.917. The van der Waals surface area contributed by atoms with Crippen LogP contribution in [0.5, 0.6) is 0 Å². The van der Waals surface area contributed by atoms with E-state index in [4.69, 9.17) is 16.3 Å². The topological polar surface area (TPSA) is 29.5 Å².